The van der Waals surface area contributed by atoms with Crippen LogP contribution in [0.4, 0.5) is 5.82 Å². The molecule has 3 rings (SSSR count). The number of anilines is 1. The number of hydrogen-bond acceptors (Lipinski definition) is 5. The molecule has 2 amide bonds. The molecule has 0 spiro atoms. The molecule has 0 atom stereocenters. The van der Waals surface area contributed by atoms with Gasteiger partial charge in [0.05, 0.1) is 11.4 Å². The lowest BCUT2D eigenvalue weighted by atomic mass is 10.2. The highest BCUT2D eigenvalue weighted by Gasteiger charge is 2.26. The lowest BCUT2D eigenvalue weighted by Gasteiger charge is -2.11. The summed E-state index contributed by atoms with van der Waals surface area (Å²) in [6.45, 7) is 5.52. The van der Waals surface area contributed by atoms with Crippen LogP contribution in [0.15, 0.2) is 24.3 Å². The number of amides is 2. The Kier molecular flexibility index (Phi) is 6.52. The van der Waals surface area contributed by atoms with E-state index in [9.17, 15) is 9.59 Å². The number of nitrogens with one attached hydrogen (secondary N) is 2. The number of hydrogen-bond donors (Lipinski definition) is 2. The highest BCUT2D eigenvalue weighted by Crippen LogP contribution is 2.36. The fourth-order valence-corrected chi connectivity index (χ4v) is 3.89. The van der Waals surface area contributed by atoms with Crippen LogP contribution in [0.3, 0.4) is 0 Å². The van der Waals surface area contributed by atoms with Gasteiger partial charge in [0.25, 0.3) is 0 Å². The summed E-state index contributed by atoms with van der Waals surface area (Å²) in [7, 11) is 0. The number of rotatable bonds is 7. The summed E-state index contributed by atoms with van der Waals surface area (Å²) in [5.74, 6) is 0.825. The van der Waals surface area contributed by atoms with Crippen molar-refractivity contribution < 1.29 is 14.3 Å². The second kappa shape index (κ2) is 9.05. The van der Waals surface area contributed by atoms with Crippen LogP contribution in [0.1, 0.15) is 30.2 Å². The van der Waals surface area contributed by atoms with E-state index in [4.69, 9.17) is 4.74 Å². The van der Waals surface area contributed by atoms with Crippen molar-refractivity contribution in [1.82, 2.24) is 15.1 Å². The van der Waals surface area contributed by atoms with Crippen molar-refractivity contribution in [3.8, 4) is 5.69 Å². The summed E-state index contributed by atoms with van der Waals surface area (Å²) in [5.41, 5.74) is 3.90. The molecule has 27 heavy (non-hydrogen) atoms. The first-order valence-electron chi connectivity index (χ1n) is 9.02. The maximum absolute atomic E-state index is 12.4. The van der Waals surface area contributed by atoms with Gasteiger partial charge < -0.3 is 15.4 Å². The first-order valence-corrected chi connectivity index (χ1v) is 10.2. The summed E-state index contributed by atoms with van der Waals surface area (Å²) in [5, 5.41) is 10.0. The molecule has 0 radical (unpaired) electrons. The molecule has 2 N–H and O–H groups in total. The van der Waals surface area contributed by atoms with E-state index in [0.717, 1.165) is 34.0 Å². The number of thioether (sulfide) groups is 1. The summed E-state index contributed by atoms with van der Waals surface area (Å²) >= 11 is 1.75. The fraction of sp³-hybridized carbons (Fsp3) is 0.421. The second-order valence-corrected chi connectivity index (χ2v) is 7.26. The largest absolute Gasteiger partial charge is 0.382 e. The number of benzene rings is 1. The lowest BCUT2D eigenvalue weighted by Crippen LogP contribution is -2.36. The summed E-state index contributed by atoms with van der Waals surface area (Å²) < 4.78 is 6.94. The van der Waals surface area contributed by atoms with Crippen molar-refractivity contribution in [2.45, 2.75) is 31.8 Å². The van der Waals surface area contributed by atoms with Gasteiger partial charge in [-0.3, -0.25) is 9.59 Å². The van der Waals surface area contributed by atoms with E-state index in [-0.39, 0.29) is 0 Å². The van der Waals surface area contributed by atoms with Crippen LogP contribution in [0.5, 0.6) is 0 Å². The van der Waals surface area contributed by atoms with Gasteiger partial charge in [-0.25, -0.2) is 4.68 Å². The Morgan fingerprint density at radius 2 is 2.15 bits per heavy atom. The molecule has 0 saturated carbocycles. The Balaban J connectivity index is 1.72. The molecular weight excluding hydrogens is 364 g/mol. The van der Waals surface area contributed by atoms with Gasteiger partial charge in [-0.2, -0.15) is 16.9 Å². The third-order valence-corrected chi connectivity index (χ3v) is 5.16. The van der Waals surface area contributed by atoms with Gasteiger partial charge >= 0.3 is 11.8 Å². The molecule has 0 bridgehead atoms. The van der Waals surface area contributed by atoms with Crippen molar-refractivity contribution in [2.75, 3.05) is 25.1 Å². The molecule has 0 aliphatic carbocycles. The monoisotopic (exact) mass is 388 g/mol. The average molecular weight is 388 g/mol. The highest BCUT2D eigenvalue weighted by atomic mass is 32.2. The Morgan fingerprint density at radius 3 is 2.93 bits per heavy atom. The molecule has 8 heteroatoms. The Hall–Kier alpha value is -2.32. The zero-order valence-electron chi connectivity index (χ0n) is 15.6. The van der Waals surface area contributed by atoms with Gasteiger partial charge in [-0.05, 0) is 38.0 Å². The van der Waals surface area contributed by atoms with Gasteiger partial charge in [-0.15, -0.1) is 0 Å². The number of nitrogens with zero attached hydrogens (tertiary/aromatic N) is 2. The van der Waals surface area contributed by atoms with E-state index in [0.29, 0.717) is 32.0 Å². The molecular formula is C19H24N4O3S. The third-order valence-electron chi connectivity index (χ3n) is 4.19. The number of ether oxygens (including phenoxy) is 1. The maximum Gasteiger partial charge on any atom is 0.314 e. The Morgan fingerprint density at radius 1 is 1.30 bits per heavy atom. The van der Waals surface area contributed by atoms with Crippen LogP contribution in [0, 0.1) is 6.92 Å². The average Bonchev–Trinajstić information content (AvgIpc) is 3.24. The van der Waals surface area contributed by atoms with Crippen LogP contribution >= 0.6 is 11.8 Å². The Bertz CT molecular complexity index is 834. The predicted octanol–water partition coefficient (Wildman–Crippen LogP) is 2.41. The second-order valence-electron chi connectivity index (χ2n) is 6.28. The van der Waals surface area contributed by atoms with Crippen LogP contribution in [0.25, 0.3) is 5.69 Å². The molecule has 1 aliphatic heterocycles. The van der Waals surface area contributed by atoms with Crippen LogP contribution in [-0.4, -0.2) is 41.4 Å². The summed E-state index contributed by atoms with van der Waals surface area (Å²) in [4.78, 5) is 24.5. The van der Waals surface area contributed by atoms with Gasteiger partial charge in [0.1, 0.15) is 5.82 Å². The normalized spacial score (nSPS) is 12.7. The number of aromatic nitrogens is 2. The standard InChI is InChI=1S/C19H24N4O3S/c1-3-26-9-5-8-20-18(24)19(25)21-17-15-11-27-12-16(15)22-23(17)14-7-4-6-13(2)10-14/h4,6-7,10H,3,5,8-9,11-12H2,1-2H3,(H,20,24)(H,21,25). The number of fused-ring (bicyclic) bond motifs is 1. The number of aryl methyl sites for hydroxylation is 1. The van der Waals surface area contributed by atoms with E-state index in [2.05, 4.69) is 15.7 Å². The first kappa shape index (κ1) is 19.4. The molecule has 0 unspecified atom stereocenters. The van der Waals surface area contributed by atoms with Gasteiger partial charge in [0.15, 0.2) is 0 Å². The van der Waals surface area contributed by atoms with Crippen molar-refractivity contribution in [3.63, 3.8) is 0 Å². The van der Waals surface area contributed by atoms with Crippen LogP contribution < -0.4 is 10.6 Å². The fourth-order valence-electron chi connectivity index (χ4n) is 2.85. The van der Waals surface area contributed by atoms with Gasteiger partial charge in [0.2, 0.25) is 0 Å². The van der Waals surface area contributed by atoms with E-state index >= 15 is 0 Å². The van der Waals surface area contributed by atoms with E-state index in [1.54, 1.807) is 16.4 Å². The van der Waals surface area contributed by atoms with E-state index in [1.165, 1.54) is 0 Å². The maximum atomic E-state index is 12.4. The SMILES string of the molecule is CCOCCCNC(=O)C(=O)Nc1c2c(nn1-c1cccc(C)c1)CSC2. The molecule has 7 nitrogen and oxygen atoms in total. The molecule has 1 aromatic carbocycles. The minimum Gasteiger partial charge on any atom is -0.382 e. The third kappa shape index (κ3) is 4.70. The molecule has 2 aromatic rings. The van der Waals surface area contributed by atoms with E-state index < -0.39 is 11.8 Å². The smallest absolute Gasteiger partial charge is 0.314 e. The van der Waals surface area contributed by atoms with Crippen molar-refractivity contribution in [3.05, 3.63) is 41.1 Å². The molecule has 0 fully saturated rings. The molecule has 0 saturated heterocycles. The van der Waals surface area contributed by atoms with Crippen molar-refractivity contribution in [2.24, 2.45) is 0 Å². The quantitative estimate of drug-likeness (QED) is 0.562. The molecule has 1 aromatic heterocycles. The minimum absolute atomic E-state index is 0.400. The van der Waals surface area contributed by atoms with Crippen molar-refractivity contribution >= 4 is 29.4 Å². The van der Waals surface area contributed by atoms with Crippen molar-refractivity contribution in [1.29, 1.82) is 0 Å². The number of carbonyl (C=O) groups excluding carboxylic acids is 2. The summed E-state index contributed by atoms with van der Waals surface area (Å²) in [6.07, 6.45) is 0.667. The highest BCUT2D eigenvalue weighted by molar-refractivity contribution is 7.98. The molecule has 144 valence electrons. The zero-order chi connectivity index (χ0) is 19.2. The van der Waals surface area contributed by atoms with Crippen LogP contribution in [0.2, 0.25) is 0 Å². The van der Waals surface area contributed by atoms with Crippen LogP contribution in [-0.2, 0) is 25.8 Å². The topological polar surface area (TPSA) is 85.2 Å². The van der Waals surface area contributed by atoms with Gasteiger partial charge in [0, 0.05) is 36.8 Å². The van der Waals surface area contributed by atoms with E-state index in [1.807, 2.05) is 38.1 Å². The number of carbonyl (C=O) groups is 2. The molecule has 1 aliphatic rings. The van der Waals surface area contributed by atoms with Gasteiger partial charge in [-0.1, -0.05) is 12.1 Å². The molecule has 2 heterocycles. The minimum atomic E-state index is -0.681. The summed E-state index contributed by atoms with van der Waals surface area (Å²) in [6, 6.07) is 7.89. The first-order chi connectivity index (χ1) is 13.1. The lowest BCUT2D eigenvalue weighted by molar-refractivity contribution is -0.136. The predicted molar refractivity (Wildman–Crippen MR) is 106 cm³/mol. The zero-order valence-corrected chi connectivity index (χ0v) is 16.4. The Labute approximate surface area is 162 Å².